The molecular formula is C17H15BrN2O. The van der Waals surface area contributed by atoms with E-state index in [0.29, 0.717) is 5.69 Å². The van der Waals surface area contributed by atoms with Crippen LogP contribution in [0.2, 0.25) is 0 Å². The molecule has 2 aromatic carbocycles. The van der Waals surface area contributed by atoms with Gasteiger partial charge < -0.3 is 9.88 Å². The summed E-state index contributed by atoms with van der Waals surface area (Å²) in [5.41, 5.74) is 3.59. The highest BCUT2D eigenvalue weighted by atomic mass is 79.9. The zero-order valence-electron chi connectivity index (χ0n) is 11.9. The fourth-order valence-corrected chi connectivity index (χ4v) is 2.67. The number of aromatic nitrogens is 1. The molecule has 0 saturated heterocycles. The first kappa shape index (κ1) is 13.9. The van der Waals surface area contributed by atoms with Gasteiger partial charge in [-0.2, -0.15) is 0 Å². The molecule has 0 unspecified atom stereocenters. The molecule has 0 radical (unpaired) electrons. The minimum absolute atomic E-state index is 0.101. The molecule has 0 fully saturated rings. The first-order valence-corrected chi connectivity index (χ1v) is 7.47. The van der Waals surface area contributed by atoms with E-state index in [4.69, 9.17) is 0 Å². The molecule has 0 bridgehead atoms. The monoisotopic (exact) mass is 342 g/mol. The predicted octanol–water partition coefficient (Wildman–Crippen LogP) is 4.50. The van der Waals surface area contributed by atoms with Gasteiger partial charge in [-0.05, 0) is 42.8 Å². The van der Waals surface area contributed by atoms with E-state index in [2.05, 4.69) is 21.2 Å². The number of aryl methyl sites for hydroxylation is 2. The summed E-state index contributed by atoms with van der Waals surface area (Å²) in [6.45, 7) is 2.00. The zero-order chi connectivity index (χ0) is 15.0. The molecule has 0 atom stereocenters. The van der Waals surface area contributed by atoms with Gasteiger partial charge in [-0.25, -0.2) is 0 Å². The molecule has 0 saturated carbocycles. The lowest BCUT2D eigenvalue weighted by Gasteiger charge is -2.08. The lowest BCUT2D eigenvalue weighted by atomic mass is 10.2. The molecule has 3 aromatic rings. The van der Waals surface area contributed by atoms with E-state index in [9.17, 15) is 4.79 Å². The summed E-state index contributed by atoms with van der Waals surface area (Å²) in [6, 6.07) is 15.7. The van der Waals surface area contributed by atoms with Crippen molar-refractivity contribution >= 4 is 38.4 Å². The molecule has 3 nitrogen and oxygen atoms in total. The van der Waals surface area contributed by atoms with Gasteiger partial charge in [0.2, 0.25) is 0 Å². The SMILES string of the molecule is Cc1cc(NC(=O)c2cc3ccccc3n2C)ccc1Br. The molecule has 106 valence electrons. The Morgan fingerprint density at radius 3 is 2.62 bits per heavy atom. The van der Waals surface area contributed by atoms with Crippen LogP contribution in [0.25, 0.3) is 10.9 Å². The van der Waals surface area contributed by atoms with Crippen molar-refractivity contribution in [2.75, 3.05) is 5.32 Å². The molecule has 21 heavy (non-hydrogen) atoms. The highest BCUT2D eigenvalue weighted by Gasteiger charge is 2.13. The van der Waals surface area contributed by atoms with Crippen molar-refractivity contribution in [2.45, 2.75) is 6.92 Å². The molecule has 1 aromatic heterocycles. The second kappa shape index (κ2) is 5.37. The maximum absolute atomic E-state index is 12.5. The number of benzene rings is 2. The van der Waals surface area contributed by atoms with Crippen LogP contribution in [-0.2, 0) is 7.05 Å². The number of nitrogens with zero attached hydrogens (tertiary/aromatic N) is 1. The number of para-hydroxylation sites is 1. The van der Waals surface area contributed by atoms with Gasteiger partial charge in [0.05, 0.1) is 0 Å². The summed E-state index contributed by atoms with van der Waals surface area (Å²) in [5.74, 6) is -0.101. The number of hydrogen-bond donors (Lipinski definition) is 1. The van der Waals surface area contributed by atoms with Gasteiger partial charge in [-0.1, -0.05) is 34.1 Å². The van der Waals surface area contributed by atoms with Crippen LogP contribution >= 0.6 is 15.9 Å². The van der Waals surface area contributed by atoms with Crippen LogP contribution in [0.3, 0.4) is 0 Å². The van der Waals surface area contributed by atoms with Gasteiger partial charge in [0.1, 0.15) is 5.69 Å². The molecule has 0 aliphatic rings. The minimum Gasteiger partial charge on any atom is -0.340 e. The lowest BCUT2D eigenvalue weighted by molar-refractivity contribution is 0.102. The van der Waals surface area contributed by atoms with Crippen molar-refractivity contribution < 1.29 is 4.79 Å². The Hall–Kier alpha value is -2.07. The van der Waals surface area contributed by atoms with Crippen molar-refractivity contribution in [1.29, 1.82) is 0 Å². The van der Waals surface area contributed by atoms with Crippen molar-refractivity contribution in [3.05, 3.63) is 64.3 Å². The Labute approximate surface area is 131 Å². The van der Waals surface area contributed by atoms with Gasteiger partial charge in [-0.3, -0.25) is 4.79 Å². The third-order valence-electron chi connectivity index (χ3n) is 3.60. The number of anilines is 1. The van der Waals surface area contributed by atoms with Gasteiger partial charge in [0, 0.05) is 28.1 Å². The van der Waals surface area contributed by atoms with Gasteiger partial charge in [-0.15, -0.1) is 0 Å². The summed E-state index contributed by atoms with van der Waals surface area (Å²) in [4.78, 5) is 12.5. The van der Waals surface area contributed by atoms with E-state index < -0.39 is 0 Å². The first-order valence-electron chi connectivity index (χ1n) is 6.68. The number of hydrogen-bond acceptors (Lipinski definition) is 1. The Kier molecular flexibility index (Phi) is 3.55. The van der Waals surface area contributed by atoms with E-state index in [0.717, 1.165) is 26.6 Å². The topological polar surface area (TPSA) is 34.0 Å². The summed E-state index contributed by atoms with van der Waals surface area (Å²) < 4.78 is 2.95. The molecule has 3 rings (SSSR count). The van der Waals surface area contributed by atoms with Crippen LogP contribution < -0.4 is 5.32 Å². The third-order valence-corrected chi connectivity index (χ3v) is 4.49. The van der Waals surface area contributed by atoms with Crippen LogP contribution in [0.4, 0.5) is 5.69 Å². The summed E-state index contributed by atoms with van der Waals surface area (Å²) >= 11 is 3.46. The largest absolute Gasteiger partial charge is 0.340 e. The fraction of sp³-hybridized carbons (Fsp3) is 0.118. The second-order valence-electron chi connectivity index (χ2n) is 5.07. The van der Waals surface area contributed by atoms with Crippen LogP contribution in [-0.4, -0.2) is 10.5 Å². The minimum atomic E-state index is -0.101. The number of carbonyl (C=O) groups is 1. The normalized spacial score (nSPS) is 10.8. The maximum atomic E-state index is 12.5. The number of nitrogens with one attached hydrogen (secondary N) is 1. The highest BCUT2D eigenvalue weighted by molar-refractivity contribution is 9.10. The first-order chi connectivity index (χ1) is 10.1. The molecule has 1 amide bonds. The molecule has 0 spiro atoms. The van der Waals surface area contributed by atoms with E-state index >= 15 is 0 Å². The molecule has 1 N–H and O–H groups in total. The van der Waals surface area contributed by atoms with E-state index in [1.807, 2.05) is 67.1 Å². The smallest absolute Gasteiger partial charge is 0.272 e. The number of halogens is 1. The third kappa shape index (κ3) is 2.59. The molecule has 0 aliphatic carbocycles. The van der Waals surface area contributed by atoms with Crippen molar-refractivity contribution in [3.8, 4) is 0 Å². The van der Waals surface area contributed by atoms with E-state index in [1.165, 1.54) is 0 Å². The summed E-state index contributed by atoms with van der Waals surface area (Å²) in [6.07, 6.45) is 0. The number of amides is 1. The average Bonchev–Trinajstić information content (AvgIpc) is 2.81. The Bertz CT molecular complexity index is 836. The number of fused-ring (bicyclic) bond motifs is 1. The van der Waals surface area contributed by atoms with Crippen LogP contribution in [0, 0.1) is 6.92 Å². The van der Waals surface area contributed by atoms with Gasteiger partial charge in [0.25, 0.3) is 5.91 Å². The molecule has 1 heterocycles. The van der Waals surface area contributed by atoms with Crippen molar-refractivity contribution in [2.24, 2.45) is 7.05 Å². The second-order valence-corrected chi connectivity index (χ2v) is 5.92. The standard InChI is InChI=1S/C17H15BrN2O/c1-11-9-13(7-8-14(11)18)19-17(21)16-10-12-5-3-4-6-15(12)20(16)2/h3-10H,1-2H3,(H,19,21). The average molecular weight is 343 g/mol. The predicted molar refractivity (Wildman–Crippen MR) is 89.8 cm³/mol. The van der Waals surface area contributed by atoms with Crippen LogP contribution in [0.1, 0.15) is 16.1 Å². The summed E-state index contributed by atoms with van der Waals surface area (Å²) in [5, 5.41) is 4.01. The lowest BCUT2D eigenvalue weighted by Crippen LogP contribution is -2.15. The van der Waals surface area contributed by atoms with Gasteiger partial charge in [0.15, 0.2) is 0 Å². The zero-order valence-corrected chi connectivity index (χ0v) is 13.4. The quantitative estimate of drug-likeness (QED) is 0.730. The maximum Gasteiger partial charge on any atom is 0.272 e. The van der Waals surface area contributed by atoms with E-state index in [1.54, 1.807) is 0 Å². The number of rotatable bonds is 2. The van der Waals surface area contributed by atoms with Crippen molar-refractivity contribution in [3.63, 3.8) is 0 Å². The fourth-order valence-electron chi connectivity index (χ4n) is 2.42. The Morgan fingerprint density at radius 1 is 1.14 bits per heavy atom. The van der Waals surface area contributed by atoms with Crippen molar-refractivity contribution in [1.82, 2.24) is 4.57 Å². The number of carbonyl (C=O) groups excluding carboxylic acids is 1. The Balaban J connectivity index is 1.93. The molecule has 0 aliphatic heterocycles. The highest BCUT2D eigenvalue weighted by Crippen LogP contribution is 2.22. The van der Waals surface area contributed by atoms with E-state index in [-0.39, 0.29) is 5.91 Å². The molecular weight excluding hydrogens is 328 g/mol. The summed E-state index contributed by atoms with van der Waals surface area (Å²) in [7, 11) is 1.91. The van der Waals surface area contributed by atoms with Crippen LogP contribution in [0.15, 0.2) is 53.0 Å². The van der Waals surface area contributed by atoms with Gasteiger partial charge >= 0.3 is 0 Å². The van der Waals surface area contributed by atoms with Crippen LogP contribution in [0.5, 0.6) is 0 Å². The molecule has 4 heteroatoms. The Morgan fingerprint density at radius 2 is 1.90 bits per heavy atom.